The highest BCUT2D eigenvalue weighted by Crippen LogP contribution is 2.46. The minimum Gasteiger partial charge on any atom is -0.353 e. The Hall–Kier alpha value is -2.67. The molecule has 0 spiro atoms. The molecule has 2 atom stereocenters. The van der Waals surface area contributed by atoms with E-state index in [1.807, 2.05) is 12.2 Å². The molecule has 1 amide bonds. The van der Waals surface area contributed by atoms with Crippen LogP contribution in [0.5, 0.6) is 0 Å². The highest BCUT2D eigenvalue weighted by molar-refractivity contribution is 7.16. The van der Waals surface area contributed by atoms with Crippen LogP contribution in [0, 0.1) is 21.4 Å². The molecule has 2 aromatic rings. The number of hydrogen-bond acceptors (Lipinski definition) is 5. The van der Waals surface area contributed by atoms with Crippen molar-refractivity contribution in [3.05, 3.63) is 62.0 Å². The molecule has 30 heavy (non-hydrogen) atoms. The number of rotatable bonds is 5. The molecule has 1 aliphatic carbocycles. The van der Waals surface area contributed by atoms with Gasteiger partial charge in [-0.1, -0.05) is 33.3 Å². The number of non-ortho nitro benzene ring substituents is 1. The number of anilines is 1. The van der Waals surface area contributed by atoms with E-state index in [-0.39, 0.29) is 17.8 Å². The van der Waals surface area contributed by atoms with Gasteiger partial charge in [0, 0.05) is 17.0 Å². The van der Waals surface area contributed by atoms with Crippen LogP contribution in [0.2, 0.25) is 0 Å². The van der Waals surface area contributed by atoms with E-state index in [9.17, 15) is 14.9 Å². The van der Waals surface area contributed by atoms with Gasteiger partial charge in [-0.2, -0.15) is 0 Å². The second kappa shape index (κ2) is 7.87. The Kier molecular flexibility index (Phi) is 5.40. The Labute approximate surface area is 180 Å². The maximum absolute atomic E-state index is 12.8. The van der Waals surface area contributed by atoms with Gasteiger partial charge < -0.3 is 10.6 Å². The molecule has 2 aliphatic rings. The fourth-order valence-electron chi connectivity index (χ4n) is 4.28. The van der Waals surface area contributed by atoms with Crippen LogP contribution in [0.15, 0.2) is 30.3 Å². The van der Waals surface area contributed by atoms with E-state index < -0.39 is 4.92 Å². The predicted octanol–water partition coefficient (Wildman–Crippen LogP) is 5.39. The van der Waals surface area contributed by atoms with Crippen LogP contribution in [0.1, 0.15) is 60.0 Å². The number of benzene rings is 1. The average molecular weight is 426 g/mol. The van der Waals surface area contributed by atoms with E-state index in [0.29, 0.717) is 11.3 Å². The normalized spacial score (nSPS) is 21.0. The van der Waals surface area contributed by atoms with Gasteiger partial charge in [-0.15, -0.1) is 11.3 Å². The third kappa shape index (κ3) is 3.86. The molecule has 2 heterocycles. The van der Waals surface area contributed by atoms with Crippen LogP contribution < -0.4 is 10.6 Å². The number of hydrogen-bond donors (Lipinski definition) is 2. The summed E-state index contributed by atoms with van der Waals surface area (Å²) >= 11 is 1.72. The molecule has 1 aliphatic heterocycles. The van der Waals surface area contributed by atoms with Crippen molar-refractivity contribution in [2.45, 2.75) is 52.6 Å². The van der Waals surface area contributed by atoms with Gasteiger partial charge in [-0.05, 0) is 59.9 Å². The van der Waals surface area contributed by atoms with Gasteiger partial charge in [0.05, 0.1) is 10.5 Å². The topological polar surface area (TPSA) is 84.3 Å². The number of fused-ring (bicyclic) bond motifs is 3. The minimum atomic E-state index is -0.414. The van der Waals surface area contributed by atoms with Crippen molar-refractivity contribution in [1.82, 2.24) is 5.32 Å². The molecule has 0 unspecified atom stereocenters. The van der Waals surface area contributed by atoms with Gasteiger partial charge in [0.2, 0.25) is 0 Å². The van der Waals surface area contributed by atoms with E-state index in [0.717, 1.165) is 41.8 Å². The molecule has 0 bridgehead atoms. The van der Waals surface area contributed by atoms with E-state index in [1.165, 1.54) is 22.6 Å². The lowest BCUT2D eigenvalue weighted by molar-refractivity contribution is -0.384. The van der Waals surface area contributed by atoms with Gasteiger partial charge >= 0.3 is 0 Å². The van der Waals surface area contributed by atoms with Gasteiger partial charge in [-0.25, -0.2) is 0 Å². The molecule has 0 saturated carbocycles. The van der Waals surface area contributed by atoms with Gasteiger partial charge in [0.15, 0.2) is 0 Å². The van der Waals surface area contributed by atoms with Crippen LogP contribution in [0.25, 0.3) is 6.08 Å². The molecular weight excluding hydrogens is 398 g/mol. The van der Waals surface area contributed by atoms with Gasteiger partial charge in [0.25, 0.3) is 11.6 Å². The quantitative estimate of drug-likeness (QED) is 0.497. The lowest BCUT2D eigenvalue weighted by atomic mass is 9.69. The first-order valence-corrected chi connectivity index (χ1v) is 11.2. The zero-order chi connectivity index (χ0) is 21.5. The van der Waals surface area contributed by atoms with Crippen LogP contribution >= 0.6 is 11.3 Å². The van der Waals surface area contributed by atoms with Crippen LogP contribution in [-0.2, 0) is 12.8 Å². The van der Waals surface area contributed by atoms with E-state index in [1.54, 1.807) is 23.5 Å². The SMILES string of the molecule is CCC(C)(C)[C@H]1CCc2c(sc3c2C(=O)N[C@@H](/C=C/c2ccc([N+](=O)[O-])cc2)N3)C1. The number of carbonyl (C=O) groups is 1. The molecule has 6 nitrogen and oxygen atoms in total. The smallest absolute Gasteiger partial charge is 0.269 e. The number of carbonyl (C=O) groups excluding carboxylic acids is 1. The number of nitrogens with zero attached hydrogens (tertiary/aromatic N) is 1. The highest BCUT2D eigenvalue weighted by atomic mass is 32.1. The zero-order valence-electron chi connectivity index (χ0n) is 17.5. The molecular formula is C23H27N3O3S. The summed E-state index contributed by atoms with van der Waals surface area (Å²) < 4.78 is 0. The molecule has 0 saturated heterocycles. The molecule has 158 valence electrons. The average Bonchev–Trinajstić information content (AvgIpc) is 3.10. The van der Waals surface area contributed by atoms with Crippen molar-refractivity contribution in [2.75, 3.05) is 5.32 Å². The summed E-state index contributed by atoms with van der Waals surface area (Å²) in [7, 11) is 0. The summed E-state index contributed by atoms with van der Waals surface area (Å²) in [6.07, 6.45) is 7.74. The minimum absolute atomic E-state index is 0.0206. The van der Waals surface area contributed by atoms with Crippen LogP contribution in [-0.4, -0.2) is 17.0 Å². The first kappa shape index (κ1) is 20.6. The third-order valence-electron chi connectivity index (χ3n) is 6.67. The summed E-state index contributed by atoms with van der Waals surface area (Å²) in [5.41, 5.74) is 3.27. The molecule has 0 radical (unpaired) electrons. The number of amides is 1. The number of nitro groups is 1. The van der Waals surface area contributed by atoms with Crippen LogP contribution in [0.3, 0.4) is 0 Å². The van der Waals surface area contributed by atoms with Crippen molar-refractivity contribution < 1.29 is 9.72 Å². The zero-order valence-corrected chi connectivity index (χ0v) is 18.3. The van der Waals surface area contributed by atoms with Crippen molar-refractivity contribution >= 4 is 34.0 Å². The van der Waals surface area contributed by atoms with Crippen molar-refractivity contribution in [2.24, 2.45) is 11.3 Å². The standard InChI is InChI=1S/C23H27N3O3S/c1-4-23(2,3)15-8-11-17-18(13-15)30-22-20(17)21(27)24-19(25-22)12-7-14-5-9-16(10-6-14)26(28)29/h5-7,9-10,12,15,19,25H,4,8,11,13H2,1-3H3,(H,24,27)/b12-7+/t15-,19+/m0/s1. The largest absolute Gasteiger partial charge is 0.353 e. The van der Waals surface area contributed by atoms with E-state index >= 15 is 0 Å². The maximum atomic E-state index is 12.8. The Morgan fingerprint density at radius 2 is 2.00 bits per heavy atom. The summed E-state index contributed by atoms with van der Waals surface area (Å²) in [5.74, 6) is 0.629. The molecule has 2 N–H and O–H groups in total. The van der Waals surface area contributed by atoms with Crippen molar-refractivity contribution in [3.63, 3.8) is 0 Å². The second-order valence-corrected chi connectivity index (χ2v) is 9.90. The summed E-state index contributed by atoms with van der Waals surface area (Å²) in [4.78, 5) is 24.6. The fraction of sp³-hybridized carbons (Fsp3) is 0.435. The van der Waals surface area contributed by atoms with Crippen LogP contribution in [0.4, 0.5) is 10.7 Å². The Balaban J connectivity index is 1.51. The van der Waals surface area contributed by atoms with Gasteiger partial charge in [0.1, 0.15) is 11.2 Å². The van der Waals surface area contributed by atoms with Crippen molar-refractivity contribution in [1.29, 1.82) is 0 Å². The molecule has 1 aromatic carbocycles. The molecule has 7 heteroatoms. The number of nitro benzene ring substituents is 1. The van der Waals surface area contributed by atoms with Gasteiger partial charge in [-0.3, -0.25) is 14.9 Å². The summed E-state index contributed by atoms with van der Waals surface area (Å²) in [6.45, 7) is 6.95. The molecule has 0 fully saturated rings. The second-order valence-electron chi connectivity index (χ2n) is 8.79. The summed E-state index contributed by atoms with van der Waals surface area (Å²) in [5, 5.41) is 18.2. The Bertz CT molecular complexity index is 1010. The Morgan fingerprint density at radius 3 is 2.67 bits per heavy atom. The van der Waals surface area contributed by atoms with Crippen molar-refractivity contribution in [3.8, 4) is 0 Å². The fourth-order valence-corrected chi connectivity index (χ4v) is 5.65. The Morgan fingerprint density at radius 1 is 1.27 bits per heavy atom. The monoisotopic (exact) mass is 425 g/mol. The number of nitrogens with one attached hydrogen (secondary N) is 2. The maximum Gasteiger partial charge on any atom is 0.269 e. The number of thiophene rings is 1. The first-order chi connectivity index (χ1) is 14.3. The highest BCUT2D eigenvalue weighted by Gasteiger charge is 2.36. The third-order valence-corrected chi connectivity index (χ3v) is 7.85. The lowest BCUT2D eigenvalue weighted by Crippen LogP contribution is -2.43. The summed E-state index contributed by atoms with van der Waals surface area (Å²) in [6, 6.07) is 6.35. The molecule has 4 rings (SSSR count). The first-order valence-electron chi connectivity index (χ1n) is 10.4. The van der Waals surface area contributed by atoms with E-state index in [4.69, 9.17) is 0 Å². The molecule has 1 aromatic heterocycles. The predicted molar refractivity (Wildman–Crippen MR) is 121 cm³/mol. The van der Waals surface area contributed by atoms with E-state index in [2.05, 4.69) is 31.4 Å². The lowest BCUT2D eigenvalue weighted by Gasteiger charge is -2.36.